The highest BCUT2D eigenvalue weighted by Gasteiger charge is 2.09. The van der Waals surface area contributed by atoms with Gasteiger partial charge >= 0.3 is 0 Å². The van der Waals surface area contributed by atoms with E-state index < -0.39 is 0 Å². The number of rotatable bonds is 11. The average Bonchev–Trinajstić information content (AvgIpc) is 2.35. The molecule has 0 fully saturated rings. The summed E-state index contributed by atoms with van der Waals surface area (Å²) in [5.74, 6) is -0.201. The molecular formula is C13H25NO3. The summed E-state index contributed by atoms with van der Waals surface area (Å²) >= 11 is 0. The van der Waals surface area contributed by atoms with Crippen LogP contribution in [0.25, 0.3) is 0 Å². The van der Waals surface area contributed by atoms with Crippen LogP contribution in [0.3, 0.4) is 0 Å². The average molecular weight is 243 g/mol. The number of ether oxygens (including phenoxy) is 2. The third-order valence-electron chi connectivity index (χ3n) is 2.23. The van der Waals surface area contributed by atoms with E-state index in [1.165, 1.54) is 6.08 Å². The molecule has 0 spiro atoms. The van der Waals surface area contributed by atoms with Crippen LogP contribution in [-0.2, 0) is 14.3 Å². The predicted molar refractivity (Wildman–Crippen MR) is 68.7 cm³/mol. The molecule has 0 aromatic rings. The van der Waals surface area contributed by atoms with Crippen molar-refractivity contribution in [3.05, 3.63) is 12.7 Å². The summed E-state index contributed by atoms with van der Waals surface area (Å²) in [7, 11) is 0. The molecule has 4 nitrogen and oxygen atoms in total. The maximum atomic E-state index is 11.0. The molecule has 4 heteroatoms. The summed E-state index contributed by atoms with van der Waals surface area (Å²) in [6, 6.07) is 0. The van der Waals surface area contributed by atoms with Gasteiger partial charge < -0.3 is 14.8 Å². The van der Waals surface area contributed by atoms with Gasteiger partial charge in [0.25, 0.3) is 0 Å². The maximum absolute atomic E-state index is 11.0. The first-order valence-corrected chi connectivity index (χ1v) is 6.38. The van der Waals surface area contributed by atoms with E-state index in [0.717, 1.165) is 25.7 Å². The molecule has 0 saturated carbocycles. The third-order valence-corrected chi connectivity index (χ3v) is 2.23. The summed E-state index contributed by atoms with van der Waals surface area (Å²) in [5, 5.41) is 2.68. The number of amides is 1. The topological polar surface area (TPSA) is 47.6 Å². The molecule has 0 heterocycles. The second kappa shape index (κ2) is 11.6. The van der Waals surface area contributed by atoms with E-state index in [0.29, 0.717) is 19.8 Å². The molecule has 0 aliphatic carbocycles. The normalized spacial score (nSPS) is 10.5. The zero-order chi connectivity index (χ0) is 12.9. The molecule has 0 aromatic carbocycles. The summed E-state index contributed by atoms with van der Waals surface area (Å²) in [5.41, 5.74) is 0. The van der Waals surface area contributed by atoms with E-state index >= 15 is 0 Å². The van der Waals surface area contributed by atoms with Crippen molar-refractivity contribution in [3.8, 4) is 0 Å². The molecule has 0 aliphatic rings. The highest BCUT2D eigenvalue weighted by molar-refractivity contribution is 5.86. The minimum atomic E-state index is -0.350. The lowest BCUT2D eigenvalue weighted by Gasteiger charge is -2.18. The highest BCUT2D eigenvalue weighted by atomic mass is 16.7. The maximum Gasteiger partial charge on any atom is 0.243 e. The van der Waals surface area contributed by atoms with Gasteiger partial charge in [0.2, 0.25) is 5.91 Å². The van der Waals surface area contributed by atoms with Crippen LogP contribution >= 0.6 is 0 Å². The van der Waals surface area contributed by atoms with Gasteiger partial charge in [-0.05, 0) is 18.9 Å². The fraction of sp³-hybridized carbons (Fsp3) is 0.769. The van der Waals surface area contributed by atoms with E-state index in [1.54, 1.807) is 0 Å². The van der Waals surface area contributed by atoms with E-state index in [1.807, 2.05) is 0 Å². The standard InChI is InChI=1S/C13H25NO3/c1-4-7-9-16-13(17-10-8-5-2)11-14-12(15)6-3/h6,13H,3-5,7-11H2,1-2H3,(H,14,15). The van der Waals surface area contributed by atoms with Crippen LogP contribution in [0, 0.1) is 0 Å². The number of hydrogen-bond donors (Lipinski definition) is 1. The van der Waals surface area contributed by atoms with Crippen molar-refractivity contribution < 1.29 is 14.3 Å². The smallest absolute Gasteiger partial charge is 0.243 e. The van der Waals surface area contributed by atoms with Gasteiger partial charge in [0.1, 0.15) is 0 Å². The van der Waals surface area contributed by atoms with Crippen LogP contribution < -0.4 is 5.32 Å². The Morgan fingerprint density at radius 2 is 1.76 bits per heavy atom. The van der Waals surface area contributed by atoms with Gasteiger partial charge in [0.05, 0.1) is 6.54 Å². The highest BCUT2D eigenvalue weighted by Crippen LogP contribution is 1.99. The molecule has 17 heavy (non-hydrogen) atoms. The van der Waals surface area contributed by atoms with Crippen molar-refractivity contribution in [1.82, 2.24) is 5.32 Å². The van der Waals surface area contributed by atoms with Gasteiger partial charge in [-0.3, -0.25) is 4.79 Å². The fourth-order valence-corrected chi connectivity index (χ4v) is 1.14. The predicted octanol–water partition coefficient (Wildman–Crippen LogP) is 2.25. The second-order valence-corrected chi connectivity index (χ2v) is 3.83. The lowest BCUT2D eigenvalue weighted by atomic mass is 10.3. The number of carbonyl (C=O) groups is 1. The Morgan fingerprint density at radius 3 is 2.18 bits per heavy atom. The molecular weight excluding hydrogens is 218 g/mol. The summed E-state index contributed by atoms with van der Waals surface area (Å²) in [4.78, 5) is 11.0. The molecule has 0 atom stereocenters. The molecule has 0 aliphatic heterocycles. The van der Waals surface area contributed by atoms with Gasteiger partial charge in [0, 0.05) is 13.2 Å². The Labute approximate surface area is 104 Å². The van der Waals surface area contributed by atoms with Crippen LogP contribution in [0.15, 0.2) is 12.7 Å². The van der Waals surface area contributed by atoms with Gasteiger partial charge in [-0.15, -0.1) is 0 Å². The fourth-order valence-electron chi connectivity index (χ4n) is 1.14. The number of hydrogen-bond acceptors (Lipinski definition) is 3. The molecule has 0 unspecified atom stereocenters. The second-order valence-electron chi connectivity index (χ2n) is 3.83. The molecule has 0 rings (SSSR count). The molecule has 1 amide bonds. The Hall–Kier alpha value is -0.870. The minimum absolute atomic E-state index is 0.201. The third kappa shape index (κ3) is 10.0. The Kier molecular flexibility index (Phi) is 11.0. The first-order chi connectivity index (χ1) is 8.24. The van der Waals surface area contributed by atoms with Crippen molar-refractivity contribution >= 4 is 5.91 Å². The van der Waals surface area contributed by atoms with Crippen LogP contribution in [0.1, 0.15) is 39.5 Å². The first-order valence-electron chi connectivity index (χ1n) is 6.38. The molecule has 0 aromatic heterocycles. The van der Waals surface area contributed by atoms with Gasteiger partial charge in [-0.25, -0.2) is 0 Å². The SMILES string of the molecule is C=CC(=O)NCC(OCCCC)OCCCC. The van der Waals surface area contributed by atoms with E-state index in [2.05, 4.69) is 25.7 Å². The molecule has 0 saturated heterocycles. The van der Waals surface area contributed by atoms with Crippen molar-refractivity contribution in [2.24, 2.45) is 0 Å². The van der Waals surface area contributed by atoms with Crippen LogP contribution in [0.5, 0.6) is 0 Å². The van der Waals surface area contributed by atoms with Gasteiger partial charge in [0.15, 0.2) is 6.29 Å². The Balaban J connectivity index is 3.82. The van der Waals surface area contributed by atoms with Gasteiger partial charge in [-0.1, -0.05) is 33.3 Å². The minimum Gasteiger partial charge on any atom is -0.351 e. The molecule has 0 radical (unpaired) electrons. The molecule has 0 bridgehead atoms. The van der Waals surface area contributed by atoms with Gasteiger partial charge in [-0.2, -0.15) is 0 Å². The van der Waals surface area contributed by atoms with E-state index in [4.69, 9.17) is 9.47 Å². The molecule has 100 valence electrons. The van der Waals surface area contributed by atoms with Crippen LogP contribution in [0.4, 0.5) is 0 Å². The largest absolute Gasteiger partial charge is 0.351 e. The van der Waals surface area contributed by atoms with Crippen molar-refractivity contribution in [2.45, 2.75) is 45.8 Å². The zero-order valence-corrected chi connectivity index (χ0v) is 11.0. The van der Waals surface area contributed by atoms with Crippen molar-refractivity contribution in [2.75, 3.05) is 19.8 Å². The van der Waals surface area contributed by atoms with Crippen LogP contribution in [0.2, 0.25) is 0 Å². The number of carbonyl (C=O) groups excluding carboxylic acids is 1. The number of unbranched alkanes of at least 4 members (excludes halogenated alkanes) is 2. The van der Waals surface area contributed by atoms with Crippen LogP contribution in [-0.4, -0.2) is 32.0 Å². The van der Waals surface area contributed by atoms with Crippen molar-refractivity contribution in [3.63, 3.8) is 0 Å². The summed E-state index contributed by atoms with van der Waals surface area (Å²) < 4.78 is 11.1. The lowest BCUT2D eigenvalue weighted by Crippen LogP contribution is -2.34. The lowest BCUT2D eigenvalue weighted by molar-refractivity contribution is -0.144. The summed E-state index contributed by atoms with van der Waals surface area (Å²) in [6.07, 6.45) is 5.07. The summed E-state index contributed by atoms with van der Waals surface area (Å²) in [6.45, 7) is 9.31. The molecule has 1 N–H and O–H groups in total. The quantitative estimate of drug-likeness (QED) is 0.344. The first kappa shape index (κ1) is 16.1. The monoisotopic (exact) mass is 243 g/mol. The zero-order valence-electron chi connectivity index (χ0n) is 11.0. The Morgan fingerprint density at radius 1 is 1.24 bits per heavy atom. The van der Waals surface area contributed by atoms with E-state index in [9.17, 15) is 4.79 Å². The van der Waals surface area contributed by atoms with Crippen molar-refractivity contribution in [1.29, 1.82) is 0 Å². The Bertz CT molecular complexity index is 197. The van der Waals surface area contributed by atoms with E-state index in [-0.39, 0.29) is 12.2 Å². The number of nitrogens with one attached hydrogen (secondary N) is 1.